The van der Waals surface area contributed by atoms with Gasteiger partial charge in [0.1, 0.15) is 5.52 Å². The highest BCUT2D eigenvalue weighted by Crippen LogP contribution is 2.33. The molecule has 0 aliphatic carbocycles. The number of amides is 1. The summed E-state index contributed by atoms with van der Waals surface area (Å²) >= 11 is 0. The van der Waals surface area contributed by atoms with Crippen LogP contribution < -0.4 is 15.5 Å². The van der Waals surface area contributed by atoms with E-state index in [-0.39, 0.29) is 11.6 Å². The summed E-state index contributed by atoms with van der Waals surface area (Å²) < 4.78 is 17.9. The number of anilines is 2. The number of imidazole rings is 1. The zero-order chi connectivity index (χ0) is 25.8. The van der Waals surface area contributed by atoms with Gasteiger partial charge in [0.15, 0.2) is 11.5 Å². The molecule has 2 aliphatic heterocycles. The highest BCUT2D eigenvalue weighted by Gasteiger charge is 2.33. The van der Waals surface area contributed by atoms with E-state index >= 15 is 0 Å². The standard InChI is InChI=1S/C27H33FN8O/c1-16-10-35(11-17(2)29-16)20-7-8-34(14-20)24-6-5-21(25-22(24)15-33(4)32-25)27(37)31-19-9-23(28)26-30-18(3)12-36(26)13-19/h5-6,9,12-13,15-17,20,29H,7-8,10-11,14H2,1-4H3,(H,31,37). The molecule has 1 amide bonds. The number of nitrogens with zero attached hydrogens (tertiary/aromatic N) is 6. The number of fused-ring (bicyclic) bond motifs is 2. The average Bonchev–Trinajstić information content (AvgIpc) is 3.55. The Labute approximate surface area is 215 Å². The summed E-state index contributed by atoms with van der Waals surface area (Å²) in [4.78, 5) is 22.5. The number of hydrogen-bond donors (Lipinski definition) is 2. The molecule has 3 unspecified atom stereocenters. The lowest BCUT2D eigenvalue weighted by molar-refractivity contribution is 0.102. The molecule has 2 N–H and O–H groups in total. The average molecular weight is 505 g/mol. The number of hydrogen-bond acceptors (Lipinski definition) is 6. The molecule has 0 bridgehead atoms. The summed E-state index contributed by atoms with van der Waals surface area (Å²) in [5, 5.41) is 12.0. The molecule has 0 saturated carbocycles. The van der Waals surface area contributed by atoms with Crippen LogP contribution in [0.5, 0.6) is 0 Å². The number of aromatic nitrogens is 4. The molecule has 0 spiro atoms. The van der Waals surface area contributed by atoms with Crippen LogP contribution in [0, 0.1) is 12.7 Å². The summed E-state index contributed by atoms with van der Waals surface area (Å²) in [5.41, 5.74) is 3.51. The minimum atomic E-state index is -0.485. The Kier molecular flexibility index (Phi) is 5.88. The number of carbonyl (C=O) groups is 1. The second-order valence-corrected chi connectivity index (χ2v) is 10.7. The lowest BCUT2D eigenvalue weighted by Gasteiger charge is -2.39. The number of piperazine rings is 1. The van der Waals surface area contributed by atoms with E-state index in [9.17, 15) is 9.18 Å². The van der Waals surface area contributed by atoms with E-state index < -0.39 is 5.82 Å². The largest absolute Gasteiger partial charge is 0.369 e. The molecule has 37 heavy (non-hydrogen) atoms. The van der Waals surface area contributed by atoms with Crippen LogP contribution in [0.1, 0.15) is 36.3 Å². The molecule has 0 radical (unpaired) electrons. The molecule has 2 saturated heterocycles. The molecule has 2 aliphatic rings. The van der Waals surface area contributed by atoms with Crippen LogP contribution in [-0.2, 0) is 7.05 Å². The van der Waals surface area contributed by atoms with Crippen LogP contribution in [0.2, 0.25) is 0 Å². The first-order chi connectivity index (χ1) is 17.7. The van der Waals surface area contributed by atoms with Crippen molar-refractivity contribution in [2.24, 2.45) is 7.05 Å². The van der Waals surface area contributed by atoms with E-state index in [0.717, 1.165) is 43.7 Å². The predicted molar refractivity (Wildman–Crippen MR) is 143 cm³/mol. The number of nitrogens with one attached hydrogen (secondary N) is 2. The first-order valence-corrected chi connectivity index (χ1v) is 12.9. The number of benzene rings is 1. The first kappa shape index (κ1) is 23.9. The molecule has 3 aromatic heterocycles. The second-order valence-electron chi connectivity index (χ2n) is 10.7. The van der Waals surface area contributed by atoms with E-state index in [1.807, 2.05) is 25.4 Å². The predicted octanol–water partition coefficient (Wildman–Crippen LogP) is 3.18. The number of pyridine rings is 1. The minimum absolute atomic E-state index is 0.237. The van der Waals surface area contributed by atoms with Crippen LogP contribution in [0.4, 0.5) is 15.8 Å². The van der Waals surface area contributed by atoms with Crippen molar-refractivity contribution in [2.75, 3.05) is 36.4 Å². The Morgan fingerprint density at radius 3 is 2.70 bits per heavy atom. The molecule has 10 heteroatoms. The number of carbonyl (C=O) groups excluding carboxylic acids is 1. The maximum Gasteiger partial charge on any atom is 0.257 e. The highest BCUT2D eigenvalue weighted by atomic mass is 19.1. The Balaban J connectivity index is 1.26. The smallest absolute Gasteiger partial charge is 0.257 e. The van der Waals surface area contributed by atoms with Gasteiger partial charge in [0.25, 0.3) is 5.91 Å². The molecule has 2 fully saturated rings. The summed E-state index contributed by atoms with van der Waals surface area (Å²) in [6, 6.07) is 6.65. The molecular formula is C27H33FN8O. The fraction of sp³-hybridized carbons (Fsp3) is 0.444. The third-order valence-electron chi connectivity index (χ3n) is 7.50. The first-order valence-electron chi connectivity index (χ1n) is 12.9. The van der Waals surface area contributed by atoms with E-state index in [4.69, 9.17) is 0 Å². The van der Waals surface area contributed by atoms with Crippen LogP contribution >= 0.6 is 0 Å². The molecule has 3 atom stereocenters. The molecule has 6 rings (SSSR count). The lowest BCUT2D eigenvalue weighted by Crippen LogP contribution is -2.57. The van der Waals surface area contributed by atoms with Gasteiger partial charge in [-0.25, -0.2) is 9.37 Å². The Morgan fingerprint density at radius 2 is 1.92 bits per heavy atom. The van der Waals surface area contributed by atoms with Gasteiger partial charge in [-0.3, -0.25) is 14.4 Å². The van der Waals surface area contributed by atoms with Crippen molar-refractivity contribution in [2.45, 2.75) is 45.3 Å². The zero-order valence-corrected chi connectivity index (χ0v) is 21.7. The van der Waals surface area contributed by atoms with E-state index in [0.29, 0.717) is 40.6 Å². The number of rotatable bonds is 4. The maximum absolute atomic E-state index is 14.5. The molecule has 5 heterocycles. The van der Waals surface area contributed by atoms with Crippen molar-refractivity contribution in [3.8, 4) is 0 Å². The summed E-state index contributed by atoms with van der Waals surface area (Å²) in [6.07, 6.45) is 6.49. The zero-order valence-electron chi connectivity index (χ0n) is 21.7. The van der Waals surface area contributed by atoms with Gasteiger partial charge in [-0.05, 0) is 39.3 Å². The summed E-state index contributed by atoms with van der Waals surface area (Å²) in [5.74, 6) is -0.810. The van der Waals surface area contributed by atoms with Crippen molar-refractivity contribution in [3.05, 3.63) is 53.9 Å². The van der Waals surface area contributed by atoms with Crippen molar-refractivity contribution in [1.29, 1.82) is 0 Å². The van der Waals surface area contributed by atoms with Crippen LogP contribution in [-0.4, -0.2) is 74.3 Å². The lowest BCUT2D eigenvalue weighted by atomic mass is 10.1. The van der Waals surface area contributed by atoms with Gasteiger partial charge in [0, 0.05) is 87.1 Å². The Bertz CT molecular complexity index is 1480. The number of aryl methyl sites for hydroxylation is 2. The Hall–Kier alpha value is -3.50. The van der Waals surface area contributed by atoms with Gasteiger partial charge in [-0.2, -0.15) is 5.10 Å². The fourth-order valence-corrected chi connectivity index (χ4v) is 6.04. The molecular weight excluding hydrogens is 471 g/mol. The normalized spacial score (nSPS) is 22.8. The van der Waals surface area contributed by atoms with Gasteiger partial charge in [0.2, 0.25) is 0 Å². The van der Waals surface area contributed by atoms with E-state index in [1.54, 1.807) is 28.4 Å². The van der Waals surface area contributed by atoms with Crippen molar-refractivity contribution >= 4 is 33.8 Å². The van der Waals surface area contributed by atoms with Crippen LogP contribution in [0.15, 0.2) is 36.8 Å². The fourth-order valence-electron chi connectivity index (χ4n) is 6.04. The quantitative estimate of drug-likeness (QED) is 0.444. The van der Waals surface area contributed by atoms with E-state index in [1.165, 1.54) is 6.07 Å². The van der Waals surface area contributed by atoms with Gasteiger partial charge >= 0.3 is 0 Å². The summed E-state index contributed by atoms with van der Waals surface area (Å²) in [7, 11) is 1.87. The van der Waals surface area contributed by atoms with Gasteiger partial charge < -0.3 is 19.9 Å². The molecule has 4 aromatic rings. The van der Waals surface area contributed by atoms with Crippen molar-refractivity contribution in [1.82, 2.24) is 29.4 Å². The third kappa shape index (κ3) is 4.44. The number of halogens is 1. The molecule has 194 valence electrons. The highest BCUT2D eigenvalue weighted by molar-refractivity contribution is 6.13. The molecule has 9 nitrogen and oxygen atoms in total. The monoisotopic (exact) mass is 504 g/mol. The van der Waals surface area contributed by atoms with Crippen molar-refractivity contribution < 1.29 is 9.18 Å². The SMILES string of the molecule is Cc1cn2cc(NC(=O)c3ccc(N4CCC(N5CC(C)NC(C)C5)C4)c4cn(C)nc34)cc(F)c2n1. The van der Waals surface area contributed by atoms with Gasteiger partial charge in [-0.15, -0.1) is 0 Å². The van der Waals surface area contributed by atoms with E-state index in [2.05, 4.69) is 44.4 Å². The van der Waals surface area contributed by atoms with Crippen LogP contribution in [0.25, 0.3) is 16.6 Å². The Morgan fingerprint density at radius 1 is 1.14 bits per heavy atom. The minimum Gasteiger partial charge on any atom is -0.369 e. The van der Waals surface area contributed by atoms with Crippen LogP contribution in [0.3, 0.4) is 0 Å². The molecule has 1 aromatic carbocycles. The topological polar surface area (TPSA) is 82.7 Å². The second kappa shape index (κ2) is 9.11. The van der Waals surface area contributed by atoms with Gasteiger partial charge in [-0.1, -0.05) is 0 Å². The maximum atomic E-state index is 14.5. The van der Waals surface area contributed by atoms with Gasteiger partial charge in [0.05, 0.1) is 16.9 Å². The summed E-state index contributed by atoms with van der Waals surface area (Å²) in [6.45, 7) is 10.4. The third-order valence-corrected chi connectivity index (χ3v) is 7.50. The van der Waals surface area contributed by atoms with Crippen molar-refractivity contribution in [3.63, 3.8) is 0 Å².